The summed E-state index contributed by atoms with van der Waals surface area (Å²) in [7, 11) is -4.25. The highest BCUT2D eigenvalue weighted by molar-refractivity contribution is 7.92. The molecular formula is C14H16FN3O6S. The van der Waals surface area contributed by atoms with Crippen LogP contribution in [0.3, 0.4) is 0 Å². The van der Waals surface area contributed by atoms with Gasteiger partial charge in [0.25, 0.3) is 5.91 Å². The third-order valence-electron chi connectivity index (χ3n) is 4.34. The lowest BCUT2D eigenvalue weighted by Gasteiger charge is -2.27. The third kappa shape index (κ3) is 3.18. The van der Waals surface area contributed by atoms with Crippen molar-refractivity contribution < 1.29 is 32.6 Å². The highest BCUT2D eigenvalue weighted by Gasteiger charge is 2.39. The van der Waals surface area contributed by atoms with Gasteiger partial charge in [-0.05, 0) is 42.4 Å². The molecule has 2 amide bonds. The Morgan fingerprint density at radius 3 is 2.80 bits per heavy atom. The molecule has 1 fully saturated rings. The molecule has 1 saturated heterocycles. The monoisotopic (exact) mass is 373 g/mol. The Hall–Kier alpha value is -2.56. The van der Waals surface area contributed by atoms with Gasteiger partial charge in [-0.1, -0.05) is 0 Å². The largest absolute Gasteiger partial charge is 0.506 e. The number of phenolic OH excluding ortho intramolecular Hbond substituents is 1. The summed E-state index contributed by atoms with van der Waals surface area (Å²) in [5.74, 6) is -2.43. The van der Waals surface area contributed by atoms with Gasteiger partial charge in [0, 0.05) is 6.54 Å². The first kappa shape index (κ1) is 17.3. The van der Waals surface area contributed by atoms with Crippen LogP contribution in [0.15, 0.2) is 6.07 Å². The molecule has 1 aliphatic carbocycles. The Balaban J connectivity index is 1.97. The fraction of sp³-hybridized carbons (Fsp3) is 0.429. The quantitative estimate of drug-likeness (QED) is 0.593. The van der Waals surface area contributed by atoms with E-state index in [1.54, 1.807) is 4.72 Å². The number of nitrogens with one attached hydrogen (secondary N) is 2. The summed E-state index contributed by atoms with van der Waals surface area (Å²) in [6.45, 7) is -0.470. The second-order valence-electron chi connectivity index (χ2n) is 6.03. The molecule has 0 radical (unpaired) electrons. The molecule has 4 N–H and O–H groups in total. The van der Waals surface area contributed by atoms with Gasteiger partial charge in [-0.2, -0.15) is 8.42 Å². The number of halogens is 1. The number of amides is 2. The van der Waals surface area contributed by atoms with Crippen molar-refractivity contribution in [3.8, 4) is 5.75 Å². The number of carboxylic acid groups (broad SMARTS) is 1. The number of phenols is 1. The van der Waals surface area contributed by atoms with Crippen LogP contribution in [0.1, 0.15) is 17.5 Å². The van der Waals surface area contributed by atoms with E-state index in [1.807, 2.05) is 0 Å². The number of aryl methyl sites for hydroxylation is 1. The fourth-order valence-corrected chi connectivity index (χ4v) is 4.36. The van der Waals surface area contributed by atoms with Gasteiger partial charge in [0.15, 0.2) is 5.82 Å². The number of rotatable bonds is 3. The summed E-state index contributed by atoms with van der Waals surface area (Å²) < 4.78 is 41.0. The van der Waals surface area contributed by atoms with E-state index >= 15 is 0 Å². The Morgan fingerprint density at radius 1 is 1.48 bits per heavy atom. The van der Waals surface area contributed by atoms with Gasteiger partial charge in [-0.3, -0.25) is 4.79 Å². The van der Waals surface area contributed by atoms with E-state index in [-0.39, 0.29) is 24.4 Å². The van der Waals surface area contributed by atoms with Crippen LogP contribution in [0.5, 0.6) is 5.75 Å². The topological polar surface area (TPSA) is 136 Å². The van der Waals surface area contributed by atoms with Crippen LogP contribution in [0.4, 0.5) is 14.9 Å². The smallest absolute Gasteiger partial charge is 0.404 e. The zero-order valence-corrected chi connectivity index (χ0v) is 13.8. The SMILES string of the molecule is O=C(O)NCC1CCc2cc(O)c(N3CC(=O)NS3(=O)=O)c(F)c2C1. The van der Waals surface area contributed by atoms with Gasteiger partial charge in [-0.25, -0.2) is 18.2 Å². The molecule has 25 heavy (non-hydrogen) atoms. The zero-order valence-electron chi connectivity index (χ0n) is 13.0. The first-order valence-corrected chi connectivity index (χ1v) is 8.96. The lowest BCUT2D eigenvalue weighted by molar-refractivity contribution is -0.117. The first-order valence-electron chi connectivity index (χ1n) is 7.52. The highest BCUT2D eigenvalue weighted by Crippen LogP contribution is 2.40. The summed E-state index contributed by atoms with van der Waals surface area (Å²) in [5.41, 5.74) is 0.205. The van der Waals surface area contributed by atoms with Crippen molar-refractivity contribution in [1.29, 1.82) is 0 Å². The molecule has 0 spiro atoms. The average molecular weight is 373 g/mol. The molecule has 0 saturated carbocycles. The molecule has 11 heteroatoms. The number of anilines is 1. The minimum Gasteiger partial charge on any atom is -0.506 e. The number of aromatic hydroxyl groups is 1. The average Bonchev–Trinajstić information content (AvgIpc) is 2.78. The first-order chi connectivity index (χ1) is 11.7. The maximum atomic E-state index is 15.0. The van der Waals surface area contributed by atoms with Crippen molar-refractivity contribution in [2.75, 3.05) is 17.4 Å². The maximum absolute atomic E-state index is 15.0. The summed E-state index contributed by atoms with van der Waals surface area (Å²) in [6.07, 6.45) is 0.0542. The van der Waals surface area contributed by atoms with Gasteiger partial charge in [0.1, 0.15) is 18.0 Å². The number of fused-ring (bicyclic) bond motifs is 1. The second kappa shape index (κ2) is 6.06. The lowest BCUT2D eigenvalue weighted by atomic mass is 9.83. The van der Waals surface area contributed by atoms with Crippen LogP contribution in [0.25, 0.3) is 0 Å². The van der Waals surface area contributed by atoms with E-state index in [9.17, 15) is 27.5 Å². The van der Waals surface area contributed by atoms with Crippen LogP contribution in [-0.4, -0.2) is 43.7 Å². The summed E-state index contributed by atoms with van der Waals surface area (Å²) in [5, 5.41) is 21.0. The molecule has 9 nitrogen and oxygen atoms in total. The van der Waals surface area contributed by atoms with E-state index in [0.717, 1.165) is 0 Å². The molecule has 136 valence electrons. The van der Waals surface area contributed by atoms with Crippen LogP contribution < -0.4 is 14.3 Å². The number of carbonyl (C=O) groups excluding carboxylic acids is 1. The van der Waals surface area contributed by atoms with Gasteiger partial charge in [-0.15, -0.1) is 0 Å². The van der Waals surface area contributed by atoms with Gasteiger partial charge >= 0.3 is 16.3 Å². The third-order valence-corrected chi connectivity index (χ3v) is 5.72. The number of benzene rings is 1. The van der Waals surface area contributed by atoms with Crippen LogP contribution in [0.2, 0.25) is 0 Å². The molecule has 2 aliphatic rings. The summed E-state index contributed by atoms with van der Waals surface area (Å²) >= 11 is 0. The lowest BCUT2D eigenvalue weighted by Crippen LogP contribution is -2.32. The molecule has 1 heterocycles. The molecule has 1 aromatic rings. The van der Waals surface area contributed by atoms with Crippen molar-refractivity contribution >= 4 is 27.9 Å². The van der Waals surface area contributed by atoms with Gasteiger partial charge in [0.05, 0.1) is 0 Å². The molecule has 0 bridgehead atoms. The van der Waals surface area contributed by atoms with Crippen LogP contribution in [0, 0.1) is 11.7 Å². The van der Waals surface area contributed by atoms with Crippen molar-refractivity contribution in [3.63, 3.8) is 0 Å². The fourth-order valence-electron chi connectivity index (χ4n) is 3.20. The molecule has 0 aromatic heterocycles. The normalized spacial score (nSPS) is 21.6. The van der Waals surface area contributed by atoms with E-state index in [0.29, 0.717) is 22.7 Å². The van der Waals surface area contributed by atoms with Crippen molar-refractivity contribution in [3.05, 3.63) is 23.0 Å². The van der Waals surface area contributed by atoms with Gasteiger partial charge in [0.2, 0.25) is 0 Å². The van der Waals surface area contributed by atoms with Gasteiger partial charge < -0.3 is 15.5 Å². The number of hydrogen-bond acceptors (Lipinski definition) is 5. The number of hydrogen-bond donors (Lipinski definition) is 4. The van der Waals surface area contributed by atoms with Crippen molar-refractivity contribution in [2.45, 2.75) is 19.3 Å². The van der Waals surface area contributed by atoms with Crippen LogP contribution in [-0.2, 0) is 27.8 Å². The standard InChI is InChI=1S/C14H16FN3O6S/c15-12-9-3-7(5-16-14(21)22)1-2-8(9)4-10(19)13(12)18-6-11(20)17-25(18,23)24/h4,7,16,19H,1-3,5-6H2,(H,17,20)(H,21,22). The maximum Gasteiger partial charge on any atom is 0.404 e. The second-order valence-corrected chi connectivity index (χ2v) is 7.62. The Morgan fingerprint density at radius 2 is 2.20 bits per heavy atom. The Bertz CT molecular complexity index is 857. The minimum atomic E-state index is -4.25. The Labute approximate surface area is 142 Å². The number of carbonyl (C=O) groups is 2. The predicted molar refractivity (Wildman–Crippen MR) is 84.0 cm³/mol. The van der Waals surface area contributed by atoms with E-state index < -0.39 is 46.0 Å². The van der Waals surface area contributed by atoms with Crippen molar-refractivity contribution in [1.82, 2.24) is 10.0 Å². The Kier molecular flexibility index (Phi) is 4.19. The minimum absolute atomic E-state index is 0.145. The molecule has 3 rings (SSSR count). The number of nitrogens with zero attached hydrogens (tertiary/aromatic N) is 1. The summed E-state index contributed by atoms with van der Waals surface area (Å²) in [4.78, 5) is 22.0. The zero-order chi connectivity index (χ0) is 18.4. The molecule has 1 atom stereocenters. The molecule has 1 aromatic carbocycles. The highest BCUT2D eigenvalue weighted by atomic mass is 32.2. The summed E-state index contributed by atoms with van der Waals surface area (Å²) in [6, 6.07) is 1.30. The molecule has 1 aliphatic heterocycles. The van der Waals surface area contributed by atoms with Crippen molar-refractivity contribution in [2.24, 2.45) is 5.92 Å². The van der Waals surface area contributed by atoms with E-state index in [2.05, 4.69) is 5.32 Å². The molecule has 1 unspecified atom stereocenters. The van der Waals surface area contributed by atoms with E-state index in [1.165, 1.54) is 6.07 Å². The van der Waals surface area contributed by atoms with Crippen LogP contribution >= 0.6 is 0 Å². The molecular weight excluding hydrogens is 357 g/mol. The predicted octanol–water partition coefficient (Wildman–Crippen LogP) is 0.0848. The van der Waals surface area contributed by atoms with E-state index in [4.69, 9.17) is 5.11 Å².